The molecule has 2 N–H and O–H groups in total. The van der Waals surface area contributed by atoms with Gasteiger partial charge in [-0.15, -0.1) is 11.3 Å². The van der Waals surface area contributed by atoms with Gasteiger partial charge in [-0.2, -0.15) is 0 Å². The number of thiophene rings is 1. The fourth-order valence-corrected chi connectivity index (χ4v) is 4.83. The van der Waals surface area contributed by atoms with Crippen molar-refractivity contribution in [2.45, 2.75) is 26.8 Å². The standard InChI is InChI=1S/C27H27N3O2S/c1-17-14-15-28-23(16-17)29-25(20-10-12-22(32-4)13-11-20)24-18(2)19(3)33-27(24)30-26(31)21-8-6-5-7-9-21/h5-16,25H,1-4H3,(H,28,29)(H,30,31)/t25-/m1/s1. The Balaban J connectivity index is 1.78. The number of rotatable bonds is 7. The van der Waals surface area contributed by atoms with E-state index in [0.717, 1.165) is 43.7 Å². The minimum atomic E-state index is -0.207. The van der Waals surface area contributed by atoms with Crippen LogP contribution in [-0.2, 0) is 0 Å². The average molecular weight is 458 g/mol. The lowest BCUT2D eigenvalue weighted by Gasteiger charge is -2.23. The second-order valence-electron chi connectivity index (χ2n) is 7.92. The van der Waals surface area contributed by atoms with Gasteiger partial charge in [0, 0.05) is 22.2 Å². The quantitative estimate of drug-likeness (QED) is 0.331. The normalized spacial score (nSPS) is 11.6. The van der Waals surface area contributed by atoms with Gasteiger partial charge in [0.1, 0.15) is 16.6 Å². The molecule has 0 unspecified atom stereocenters. The third-order valence-corrected chi connectivity index (χ3v) is 6.78. The van der Waals surface area contributed by atoms with E-state index in [1.54, 1.807) is 24.6 Å². The molecule has 1 atom stereocenters. The number of anilines is 2. The van der Waals surface area contributed by atoms with Crippen molar-refractivity contribution < 1.29 is 9.53 Å². The van der Waals surface area contributed by atoms with Crippen LogP contribution in [0.3, 0.4) is 0 Å². The zero-order valence-corrected chi connectivity index (χ0v) is 20.0. The topological polar surface area (TPSA) is 63.2 Å². The Morgan fingerprint density at radius 2 is 1.73 bits per heavy atom. The van der Waals surface area contributed by atoms with Gasteiger partial charge in [-0.3, -0.25) is 4.79 Å². The number of ether oxygens (including phenoxy) is 1. The van der Waals surface area contributed by atoms with Crippen LogP contribution in [0.15, 0.2) is 72.9 Å². The molecule has 0 saturated heterocycles. The number of hydrogen-bond acceptors (Lipinski definition) is 5. The van der Waals surface area contributed by atoms with E-state index in [0.29, 0.717) is 5.56 Å². The van der Waals surface area contributed by atoms with E-state index in [9.17, 15) is 4.79 Å². The van der Waals surface area contributed by atoms with Gasteiger partial charge >= 0.3 is 0 Å². The molecule has 4 rings (SSSR count). The first-order valence-corrected chi connectivity index (χ1v) is 11.6. The van der Waals surface area contributed by atoms with E-state index in [1.165, 1.54) is 0 Å². The largest absolute Gasteiger partial charge is 0.497 e. The lowest BCUT2D eigenvalue weighted by molar-refractivity contribution is 0.102. The van der Waals surface area contributed by atoms with Crippen molar-refractivity contribution in [1.82, 2.24) is 4.98 Å². The number of nitrogens with one attached hydrogen (secondary N) is 2. The summed E-state index contributed by atoms with van der Waals surface area (Å²) in [5.41, 5.74) is 4.98. The third kappa shape index (κ3) is 5.07. The SMILES string of the molecule is COc1ccc([C@@H](Nc2cc(C)ccn2)c2c(NC(=O)c3ccccc3)sc(C)c2C)cc1. The zero-order chi connectivity index (χ0) is 23.4. The summed E-state index contributed by atoms with van der Waals surface area (Å²) < 4.78 is 5.35. The Labute approximate surface area is 198 Å². The van der Waals surface area contributed by atoms with Gasteiger partial charge in [-0.05, 0) is 73.9 Å². The highest BCUT2D eigenvalue weighted by molar-refractivity contribution is 7.16. The van der Waals surface area contributed by atoms with Gasteiger partial charge in [0.25, 0.3) is 5.91 Å². The molecule has 168 valence electrons. The number of aromatic nitrogens is 1. The van der Waals surface area contributed by atoms with Crippen molar-refractivity contribution in [1.29, 1.82) is 0 Å². The minimum absolute atomic E-state index is 0.125. The van der Waals surface area contributed by atoms with Crippen molar-refractivity contribution in [3.63, 3.8) is 0 Å². The Hall–Kier alpha value is -3.64. The first kappa shape index (κ1) is 22.6. The highest BCUT2D eigenvalue weighted by Gasteiger charge is 2.25. The highest BCUT2D eigenvalue weighted by atomic mass is 32.1. The third-order valence-electron chi connectivity index (χ3n) is 5.64. The number of aryl methyl sites for hydroxylation is 2. The maximum absolute atomic E-state index is 13.0. The fourth-order valence-electron chi connectivity index (χ4n) is 3.73. The summed E-state index contributed by atoms with van der Waals surface area (Å²) >= 11 is 1.59. The summed E-state index contributed by atoms with van der Waals surface area (Å²) in [4.78, 5) is 18.7. The molecule has 0 spiro atoms. The summed E-state index contributed by atoms with van der Waals surface area (Å²) in [6.07, 6.45) is 1.80. The zero-order valence-electron chi connectivity index (χ0n) is 19.2. The monoisotopic (exact) mass is 457 g/mol. The molecule has 0 aliphatic rings. The van der Waals surface area contributed by atoms with Gasteiger partial charge < -0.3 is 15.4 Å². The van der Waals surface area contributed by atoms with Crippen LogP contribution in [0.4, 0.5) is 10.8 Å². The molecule has 2 aromatic heterocycles. The predicted octanol–water partition coefficient (Wildman–Crippen LogP) is 6.53. The number of carbonyl (C=O) groups excluding carboxylic acids is 1. The van der Waals surface area contributed by atoms with Gasteiger partial charge in [0.2, 0.25) is 0 Å². The summed E-state index contributed by atoms with van der Waals surface area (Å²) in [6.45, 7) is 6.22. The van der Waals surface area contributed by atoms with Gasteiger partial charge in [-0.25, -0.2) is 4.98 Å². The summed E-state index contributed by atoms with van der Waals surface area (Å²) in [5, 5.41) is 7.59. The number of carbonyl (C=O) groups is 1. The van der Waals surface area contributed by atoms with E-state index in [4.69, 9.17) is 4.74 Å². The lowest BCUT2D eigenvalue weighted by Crippen LogP contribution is -2.18. The number of nitrogens with zero attached hydrogens (tertiary/aromatic N) is 1. The maximum atomic E-state index is 13.0. The van der Waals surface area contributed by atoms with Gasteiger partial charge in [0.05, 0.1) is 13.2 Å². The fraction of sp³-hybridized carbons (Fsp3) is 0.185. The predicted molar refractivity (Wildman–Crippen MR) is 136 cm³/mol. The Bertz CT molecular complexity index is 1250. The first-order valence-electron chi connectivity index (χ1n) is 10.8. The molecule has 33 heavy (non-hydrogen) atoms. The summed E-state index contributed by atoms with van der Waals surface area (Å²) in [7, 11) is 1.66. The molecule has 6 heteroatoms. The van der Waals surface area contributed by atoms with Crippen molar-refractivity contribution in [2.24, 2.45) is 0 Å². The molecule has 0 fully saturated rings. The van der Waals surface area contributed by atoms with Crippen LogP contribution in [0.25, 0.3) is 0 Å². The number of hydrogen-bond donors (Lipinski definition) is 2. The van der Waals surface area contributed by atoms with Crippen LogP contribution >= 0.6 is 11.3 Å². The van der Waals surface area contributed by atoms with Gasteiger partial charge in [-0.1, -0.05) is 30.3 Å². The number of methoxy groups -OCH3 is 1. The average Bonchev–Trinajstić information content (AvgIpc) is 3.11. The number of benzene rings is 2. The van der Waals surface area contributed by atoms with E-state index in [1.807, 2.05) is 73.7 Å². The smallest absolute Gasteiger partial charge is 0.256 e. The lowest BCUT2D eigenvalue weighted by atomic mass is 9.96. The molecule has 0 aliphatic heterocycles. The number of pyridine rings is 1. The van der Waals surface area contributed by atoms with Crippen molar-refractivity contribution in [3.8, 4) is 5.75 Å². The van der Waals surface area contributed by atoms with Gasteiger partial charge in [0.15, 0.2) is 0 Å². The summed E-state index contributed by atoms with van der Waals surface area (Å²) in [5.74, 6) is 1.45. The second kappa shape index (κ2) is 9.88. The molecule has 5 nitrogen and oxygen atoms in total. The molecule has 4 aromatic rings. The van der Waals surface area contributed by atoms with E-state index in [-0.39, 0.29) is 11.9 Å². The molecule has 2 aromatic carbocycles. The molecule has 0 saturated carbocycles. The van der Waals surface area contributed by atoms with E-state index in [2.05, 4.69) is 29.5 Å². The number of amides is 1. The maximum Gasteiger partial charge on any atom is 0.256 e. The molecule has 0 radical (unpaired) electrons. The van der Waals surface area contributed by atoms with E-state index >= 15 is 0 Å². The van der Waals surface area contributed by atoms with Crippen LogP contribution < -0.4 is 15.4 Å². The second-order valence-corrected chi connectivity index (χ2v) is 9.14. The van der Waals surface area contributed by atoms with Crippen molar-refractivity contribution >= 4 is 28.1 Å². The molecule has 1 amide bonds. The molecule has 2 heterocycles. The van der Waals surface area contributed by atoms with Crippen molar-refractivity contribution in [3.05, 3.63) is 106 Å². The van der Waals surface area contributed by atoms with Crippen molar-refractivity contribution in [2.75, 3.05) is 17.7 Å². The highest BCUT2D eigenvalue weighted by Crippen LogP contribution is 2.41. The Morgan fingerprint density at radius 1 is 1.00 bits per heavy atom. The molecule has 0 aliphatic carbocycles. The molecule has 0 bridgehead atoms. The van der Waals surface area contributed by atoms with Crippen LogP contribution in [0.5, 0.6) is 5.75 Å². The molecular formula is C27H27N3O2S. The van der Waals surface area contributed by atoms with Crippen LogP contribution in [0, 0.1) is 20.8 Å². The molecular weight excluding hydrogens is 430 g/mol. The minimum Gasteiger partial charge on any atom is -0.497 e. The first-order chi connectivity index (χ1) is 16.0. The van der Waals surface area contributed by atoms with Crippen LogP contribution in [-0.4, -0.2) is 18.0 Å². The Kier molecular flexibility index (Phi) is 6.75. The van der Waals surface area contributed by atoms with E-state index < -0.39 is 0 Å². The summed E-state index contributed by atoms with van der Waals surface area (Å²) in [6, 6.07) is 21.0. The Morgan fingerprint density at radius 3 is 2.39 bits per heavy atom. The van der Waals surface area contributed by atoms with Crippen LogP contribution in [0.1, 0.15) is 43.5 Å². The van der Waals surface area contributed by atoms with Crippen LogP contribution in [0.2, 0.25) is 0 Å².